The van der Waals surface area contributed by atoms with Gasteiger partial charge in [0.05, 0.1) is 24.0 Å². The molecule has 15 heteroatoms. The summed E-state index contributed by atoms with van der Waals surface area (Å²) in [6, 6.07) is 9.73. The molecule has 1 aromatic carbocycles. The van der Waals surface area contributed by atoms with Gasteiger partial charge < -0.3 is 19.5 Å². The van der Waals surface area contributed by atoms with Crippen LogP contribution >= 0.6 is 7.82 Å². The Morgan fingerprint density at radius 2 is 1.78 bits per heavy atom. The minimum absolute atomic E-state index is 0.0224. The number of amides is 1. The maximum absolute atomic E-state index is 13.2. The van der Waals surface area contributed by atoms with Gasteiger partial charge in [-0.2, -0.15) is 4.98 Å². The predicted molar refractivity (Wildman–Crippen MR) is 170 cm³/mol. The van der Waals surface area contributed by atoms with Crippen molar-refractivity contribution in [2.75, 3.05) is 51.2 Å². The number of nitrogens with zero attached hydrogens (tertiary/aromatic N) is 4. The first-order valence-corrected chi connectivity index (χ1v) is 18.8. The summed E-state index contributed by atoms with van der Waals surface area (Å²) in [6.45, 7) is 1.43. The maximum atomic E-state index is 13.2. The molecule has 0 bridgehead atoms. The molecule has 13 nitrogen and oxygen atoms in total. The van der Waals surface area contributed by atoms with Crippen molar-refractivity contribution in [1.29, 1.82) is 0 Å². The van der Waals surface area contributed by atoms with E-state index >= 15 is 0 Å². The number of hydrogen-bond donors (Lipinski definition) is 1. The van der Waals surface area contributed by atoms with Crippen LogP contribution in [-0.2, 0) is 32.8 Å². The third-order valence-electron chi connectivity index (χ3n) is 8.39. The Hall–Kier alpha value is -3.03. The highest BCUT2D eigenvalue weighted by atomic mass is 32.2. The molecule has 2 aliphatic rings. The Labute approximate surface area is 264 Å². The summed E-state index contributed by atoms with van der Waals surface area (Å²) < 4.78 is 58.3. The smallest absolute Gasteiger partial charge is 0.474 e. The van der Waals surface area contributed by atoms with Crippen molar-refractivity contribution < 1.29 is 36.1 Å². The van der Waals surface area contributed by atoms with Gasteiger partial charge in [-0.25, -0.2) is 18.0 Å². The van der Waals surface area contributed by atoms with E-state index in [4.69, 9.17) is 23.3 Å². The molecule has 0 unspecified atom stereocenters. The van der Waals surface area contributed by atoms with Gasteiger partial charge in [0.1, 0.15) is 21.4 Å². The van der Waals surface area contributed by atoms with Crippen LogP contribution in [0.25, 0.3) is 16.7 Å². The predicted octanol–water partition coefficient (Wildman–Crippen LogP) is 4.61. The molecule has 1 amide bonds. The summed E-state index contributed by atoms with van der Waals surface area (Å²) in [5.74, 6) is 2.17. The number of rotatable bonds is 13. The van der Waals surface area contributed by atoms with Gasteiger partial charge in [-0.05, 0) is 69.2 Å². The minimum Gasteiger partial charge on any atom is -0.493 e. The maximum Gasteiger partial charge on any atom is 0.474 e. The zero-order valence-corrected chi connectivity index (χ0v) is 27.7. The molecule has 1 N–H and O–H groups in total. The number of sulfone groups is 1. The van der Waals surface area contributed by atoms with Crippen LogP contribution in [0.15, 0.2) is 42.7 Å². The van der Waals surface area contributed by atoms with Crippen LogP contribution in [-0.4, -0.2) is 91.8 Å². The lowest BCUT2D eigenvalue weighted by Gasteiger charge is -2.36. The van der Waals surface area contributed by atoms with E-state index in [1.54, 1.807) is 6.20 Å². The number of phosphoric acid groups is 1. The normalized spacial score (nSPS) is 19.9. The number of ether oxygens (including phenoxy) is 1. The van der Waals surface area contributed by atoms with Crippen molar-refractivity contribution in [3.63, 3.8) is 0 Å². The Balaban J connectivity index is 1.13. The monoisotopic (exact) mass is 663 g/mol. The first-order chi connectivity index (χ1) is 21.6. The number of carbonyl (C=O) groups is 1. The van der Waals surface area contributed by atoms with E-state index in [0.29, 0.717) is 56.5 Å². The lowest BCUT2D eigenvalue weighted by molar-refractivity contribution is -0.138. The molecule has 3 aromatic rings. The SMILES string of the molecule is COP(=O)(OC)OC1CCN(C(=O)[C@H]2CC[C@H](Nc3nccc(-n4ccc5c(OCCCS(C)(=O)=O)cccc54)n3)CC2)CC1. The number of aromatic nitrogens is 3. The topological polar surface area (TPSA) is 151 Å². The van der Waals surface area contributed by atoms with E-state index in [1.165, 1.54) is 20.5 Å². The molecule has 1 saturated carbocycles. The second-order valence-electron chi connectivity index (χ2n) is 11.6. The third kappa shape index (κ3) is 8.62. The Morgan fingerprint density at radius 3 is 2.47 bits per heavy atom. The molecular weight excluding hydrogens is 621 g/mol. The first kappa shape index (κ1) is 33.3. The standard InChI is InChI=1S/C30H42N5O8PS/c1-40-44(37,41-2)43-24-13-17-34(18-14-24)29(36)22-8-10-23(11-9-22)32-30-31-16-12-28(33-30)35-19-15-25-26(35)6-4-7-27(25)42-20-5-21-45(3,38)39/h4,6-7,12,15-16,19,22-24H,5,8-11,13-14,17-18,20-21H2,1-3H3,(H,31,32,33)/t22-,23-. The van der Waals surface area contributed by atoms with E-state index in [9.17, 15) is 17.8 Å². The summed E-state index contributed by atoms with van der Waals surface area (Å²) in [4.78, 5) is 24.4. The van der Waals surface area contributed by atoms with Gasteiger partial charge in [-0.3, -0.25) is 18.4 Å². The van der Waals surface area contributed by atoms with Gasteiger partial charge >= 0.3 is 7.82 Å². The van der Waals surface area contributed by atoms with Crippen molar-refractivity contribution in [3.05, 3.63) is 42.7 Å². The Bertz CT molecular complexity index is 1610. The van der Waals surface area contributed by atoms with Crippen molar-refractivity contribution in [2.24, 2.45) is 5.92 Å². The molecule has 0 atom stereocenters. The number of phosphoric ester groups is 1. The quantitative estimate of drug-likeness (QED) is 0.202. The number of piperidine rings is 1. The largest absolute Gasteiger partial charge is 0.493 e. The summed E-state index contributed by atoms with van der Waals surface area (Å²) in [5.41, 5.74) is 0.918. The lowest BCUT2D eigenvalue weighted by Crippen LogP contribution is -2.44. The molecule has 0 spiro atoms. The van der Waals surface area contributed by atoms with Gasteiger partial charge in [0.15, 0.2) is 0 Å². The van der Waals surface area contributed by atoms with Gasteiger partial charge in [0, 0.05) is 63.3 Å². The molecule has 2 aromatic heterocycles. The summed E-state index contributed by atoms with van der Waals surface area (Å²) in [5, 5.41) is 4.38. The summed E-state index contributed by atoms with van der Waals surface area (Å²) in [6.07, 6.45) is 9.44. The molecule has 246 valence electrons. The van der Waals surface area contributed by atoms with E-state index < -0.39 is 17.7 Å². The van der Waals surface area contributed by atoms with Crippen LogP contribution in [0.2, 0.25) is 0 Å². The minimum atomic E-state index is -3.54. The highest BCUT2D eigenvalue weighted by Gasteiger charge is 2.35. The highest BCUT2D eigenvalue weighted by Crippen LogP contribution is 2.50. The zero-order valence-electron chi connectivity index (χ0n) is 26.0. The fourth-order valence-electron chi connectivity index (χ4n) is 5.97. The first-order valence-electron chi connectivity index (χ1n) is 15.3. The van der Waals surface area contributed by atoms with Crippen LogP contribution in [0.5, 0.6) is 5.75 Å². The van der Waals surface area contributed by atoms with Crippen molar-refractivity contribution in [1.82, 2.24) is 19.4 Å². The van der Waals surface area contributed by atoms with E-state index in [-0.39, 0.29) is 29.7 Å². The number of likely N-dealkylation sites (tertiary alicyclic amines) is 1. The molecule has 5 rings (SSSR count). The van der Waals surface area contributed by atoms with Gasteiger partial charge in [-0.15, -0.1) is 0 Å². The number of benzene rings is 1. The van der Waals surface area contributed by atoms with E-state index in [0.717, 1.165) is 36.6 Å². The molecule has 0 radical (unpaired) electrons. The van der Waals surface area contributed by atoms with Crippen LogP contribution in [0, 0.1) is 5.92 Å². The molecule has 1 aliphatic heterocycles. The molecular formula is C30H42N5O8PS. The molecule has 3 heterocycles. The van der Waals surface area contributed by atoms with Crippen LogP contribution in [0.3, 0.4) is 0 Å². The van der Waals surface area contributed by atoms with Gasteiger partial charge in [-0.1, -0.05) is 6.07 Å². The fourth-order valence-corrected chi connectivity index (χ4v) is 7.51. The number of hydrogen-bond acceptors (Lipinski definition) is 11. The molecule has 1 saturated heterocycles. The average molecular weight is 664 g/mol. The average Bonchev–Trinajstić information content (AvgIpc) is 3.48. The molecule has 1 aliphatic carbocycles. The summed E-state index contributed by atoms with van der Waals surface area (Å²) in [7, 11) is -3.97. The van der Waals surface area contributed by atoms with Crippen LogP contribution in [0.1, 0.15) is 44.9 Å². The zero-order chi connectivity index (χ0) is 32.0. The Morgan fingerprint density at radius 1 is 1.04 bits per heavy atom. The Kier molecular flexibility index (Phi) is 10.8. The van der Waals surface area contributed by atoms with Crippen molar-refractivity contribution >= 4 is 40.4 Å². The second kappa shape index (κ2) is 14.6. The van der Waals surface area contributed by atoms with Crippen molar-refractivity contribution in [3.8, 4) is 11.6 Å². The second-order valence-corrected chi connectivity index (χ2v) is 15.7. The number of anilines is 1. The highest BCUT2D eigenvalue weighted by molar-refractivity contribution is 7.90. The number of fused-ring (bicyclic) bond motifs is 1. The number of carbonyl (C=O) groups excluding carboxylic acids is 1. The van der Waals surface area contributed by atoms with Gasteiger partial charge in [0.25, 0.3) is 0 Å². The van der Waals surface area contributed by atoms with Crippen LogP contribution < -0.4 is 10.1 Å². The lowest BCUT2D eigenvalue weighted by atomic mass is 9.85. The fraction of sp³-hybridized carbons (Fsp3) is 0.567. The van der Waals surface area contributed by atoms with E-state index in [1.807, 2.05) is 46.0 Å². The summed E-state index contributed by atoms with van der Waals surface area (Å²) >= 11 is 0. The third-order valence-corrected chi connectivity index (χ3v) is 10.9. The molecule has 45 heavy (non-hydrogen) atoms. The van der Waals surface area contributed by atoms with Crippen molar-refractivity contribution in [2.45, 2.75) is 57.1 Å². The molecule has 2 fully saturated rings. The number of nitrogens with one attached hydrogen (secondary N) is 1. The van der Waals surface area contributed by atoms with E-state index in [2.05, 4.69) is 10.3 Å². The van der Waals surface area contributed by atoms with Crippen LogP contribution in [0.4, 0.5) is 5.95 Å². The van der Waals surface area contributed by atoms with Gasteiger partial charge in [0.2, 0.25) is 11.9 Å².